The Labute approximate surface area is 168 Å². The van der Waals surface area contributed by atoms with Gasteiger partial charge in [0.25, 0.3) is 5.91 Å². The highest BCUT2D eigenvalue weighted by molar-refractivity contribution is 7.17. The normalized spacial score (nSPS) is 18.0. The van der Waals surface area contributed by atoms with Crippen LogP contribution in [0.1, 0.15) is 58.9 Å². The monoisotopic (exact) mass is 402 g/mol. The van der Waals surface area contributed by atoms with Gasteiger partial charge in [0.1, 0.15) is 17.7 Å². The van der Waals surface area contributed by atoms with Crippen LogP contribution in [0.3, 0.4) is 0 Å². The summed E-state index contributed by atoms with van der Waals surface area (Å²) in [5, 5.41) is 7.81. The zero-order valence-electron chi connectivity index (χ0n) is 15.9. The highest BCUT2D eigenvalue weighted by Gasteiger charge is 2.25. The van der Waals surface area contributed by atoms with Gasteiger partial charge < -0.3 is 16.0 Å². The predicted molar refractivity (Wildman–Crippen MR) is 107 cm³/mol. The largest absolute Gasteiger partial charge is 0.365 e. The molecule has 1 aliphatic heterocycles. The van der Waals surface area contributed by atoms with Gasteiger partial charge in [0.05, 0.1) is 11.6 Å². The van der Waals surface area contributed by atoms with Crippen LogP contribution in [0.25, 0.3) is 0 Å². The molecule has 0 saturated carbocycles. The van der Waals surface area contributed by atoms with Crippen LogP contribution in [0.15, 0.2) is 12.7 Å². The quantitative estimate of drug-likeness (QED) is 0.768. The van der Waals surface area contributed by atoms with Crippen molar-refractivity contribution in [1.82, 2.24) is 19.7 Å². The van der Waals surface area contributed by atoms with E-state index in [1.165, 1.54) is 16.2 Å². The topological polar surface area (TPSA) is 106 Å². The molecule has 3 heterocycles. The summed E-state index contributed by atoms with van der Waals surface area (Å²) in [5.74, 6) is -0.496. The van der Waals surface area contributed by atoms with E-state index in [4.69, 9.17) is 5.73 Å². The Morgan fingerprint density at radius 3 is 2.75 bits per heavy atom. The highest BCUT2D eigenvalue weighted by Crippen LogP contribution is 2.37. The Morgan fingerprint density at radius 2 is 2.04 bits per heavy atom. The molecular weight excluding hydrogens is 376 g/mol. The third-order valence-corrected chi connectivity index (χ3v) is 6.90. The number of likely N-dealkylation sites (tertiary alicyclic amines) is 1. The number of fused-ring (bicyclic) bond motifs is 1. The molecule has 3 N–H and O–H groups in total. The minimum Gasteiger partial charge on any atom is -0.365 e. The minimum absolute atomic E-state index is 0.0560. The molecule has 2 aliphatic rings. The third kappa shape index (κ3) is 4.10. The first kappa shape index (κ1) is 19.1. The highest BCUT2D eigenvalue weighted by atomic mass is 32.1. The molecule has 28 heavy (non-hydrogen) atoms. The van der Waals surface area contributed by atoms with Crippen LogP contribution in [0.4, 0.5) is 5.00 Å². The number of piperidine rings is 1. The Morgan fingerprint density at radius 1 is 1.25 bits per heavy atom. The van der Waals surface area contributed by atoms with E-state index in [1.807, 2.05) is 4.68 Å². The summed E-state index contributed by atoms with van der Waals surface area (Å²) in [6, 6.07) is 0.392. The molecular formula is C19H26N6O2S. The van der Waals surface area contributed by atoms with Crippen molar-refractivity contribution in [3.63, 3.8) is 0 Å². The first-order valence-electron chi connectivity index (χ1n) is 9.92. The Hall–Kier alpha value is -2.26. The lowest BCUT2D eigenvalue weighted by molar-refractivity contribution is -0.116. The lowest BCUT2D eigenvalue weighted by atomic mass is 9.95. The van der Waals surface area contributed by atoms with Crippen molar-refractivity contribution < 1.29 is 9.59 Å². The van der Waals surface area contributed by atoms with Crippen LogP contribution >= 0.6 is 11.3 Å². The molecule has 2 aromatic rings. The van der Waals surface area contributed by atoms with Gasteiger partial charge in [0, 0.05) is 30.9 Å². The number of nitrogens with one attached hydrogen (secondary N) is 1. The van der Waals surface area contributed by atoms with Crippen molar-refractivity contribution in [1.29, 1.82) is 0 Å². The van der Waals surface area contributed by atoms with Crippen molar-refractivity contribution in [2.24, 2.45) is 5.73 Å². The number of primary amides is 1. The van der Waals surface area contributed by atoms with Crippen LogP contribution in [-0.4, -0.2) is 51.1 Å². The average molecular weight is 403 g/mol. The summed E-state index contributed by atoms with van der Waals surface area (Å²) in [6.07, 6.45) is 9.81. The van der Waals surface area contributed by atoms with Gasteiger partial charge in [-0.3, -0.25) is 9.59 Å². The molecule has 9 heteroatoms. The maximum Gasteiger partial charge on any atom is 0.251 e. The number of carbonyl (C=O) groups excluding carboxylic acids is 2. The number of aromatic nitrogens is 3. The molecule has 8 nitrogen and oxygen atoms in total. The van der Waals surface area contributed by atoms with Crippen molar-refractivity contribution in [3.8, 4) is 0 Å². The molecule has 1 fully saturated rings. The van der Waals surface area contributed by atoms with Crippen LogP contribution in [0, 0.1) is 0 Å². The molecule has 0 unspecified atom stereocenters. The molecule has 4 rings (SSSR count). The fourth-order valence-electron chi connectivity index (χ4n) is 4.18. The van der Waals surface area contributed by atoms with Gasteiger partial charge in [-0.1, -0.05) is 0 Å². The van der Waals surface area contributed by atoms with Gasteiger partial charge >= 0.3 is 0 Å². The van der Waals surface area contributed by atoms with Crippen LogP contribution in [-0.2, 0) is 17.6 Å². The first-order valence-corrected chi connectivity index (χ1v) is 10.7. The summed E-state index contributed by atoms with van der Waals surface area (Å²) in [4.78, 5) is 31.9. The summed E-state index contributed by atoms with van der Waals surface area (Å²) in [6.45, 7) is 2.60. The van der Waals surface area contributed by atoms with Gasteiger partial charge in [-0.15, -0.1) is 11.3 Å². The van der Waals surface area contributed by atoms with Gasteiger partial charge in [-0.25, -0.2) is 9.67 Å². The second-order valence-electron chi connectivity index (χ2n) is 7.53. The van der Waals surface area contributed by atoms with Crippen molar-refractivity contribution in [3.05, 3.63) is 28.7 Å². The average Bonchev–Trinajstić information content (AvgIpc) is 3.34. The Kier molecular flexibility index (Phi) is 5.72. The summed E-state index contributed by atoms with van der Waals surface area (Å²) in [5.41, 5.74) is 7.18. The fraction of sp³-hybridized carbons (Fsp3) is 0.579. The maximum absolute atomic E-state index is 12.5. The number of hydrogen-bond acceptors (Lipinski definition) is 6. The summed E-state index contributed by atoms with van der Waals surface area (Å²) >= 11 is 1.52. The number of nitrogens with zero attached hydrogens (tertiary/aromatic N) is 4. The Balaban J connectivity index is 1.30. The summed E-state index contributed by atoms with van der Waals surface area (Å²) in [7, 11) is 0. The fourth-order valence-corrected chi connectivity index (χ4v) is 5.49. The van der Waals surface area contributed by atoms with Crippen LogP contribution in [0.2, 0.25) is 0 Å². The van der Waals surface area contributed by atoms with E-state index in [2.05, 4.69) is 20.3 Å². The molecule has 0 radical (unpaired) electrons. The summed E-state index contributed by atoms with van der Waals surface area (Å²) < 4.78 is 1.92. The van der Waals surface area contributed by atoms with E-state index < -0.39 is 5.91 Å². The SMILES string of the molecule is NC(=O)c1c(NC(=O)CCN2CCC(n3cncn3)CC2)sc2c1CCCC2. The van der Waals surface area contributed by atoms with Gasteiger partial charge in [-0.05, 0) is 44.1 Å². The zero-order valence-corrected chi connectivity index (χ0v) is 16.7. The van der Waals surface area contributed by atoms with Gasteiger partial charge in [-0.2, -0.15) is 5.10 Å². The van der Waals surface area contributed by atoms with Crippen molar-refractivity contribution >= 4 is 28.2 Å². The van der Waals surface area contributed by atoms with E-state index in [1.54, 1.807) is 12.7 Å². The lowest BCUT2D eigenvalue weighted by Crippen LogP contribution is -2.36. The number of amides is 2. The van der Waals surface area contributed by atoms with E-state index in [0.717, 1.165) is 57.2 Å². The number of thiophene rings is 1. The smallest absolute Gasteiger partial charge is 0.251 e. The third-order valence-electron chi connectivity index (χ3n) is 5.69. The molecule has 2 aromatic heterocycles. The van der Waals surface area contributed by atoms with E-state index in [0.29, 0.717) is 29.6 Å². The number of carbonyl (C=O) groups is 2. The van der Waals surface area contributed by atoms with E-state index >= 15 is 0 Å². The molecule has 0 spiro atoms. The predicted octanol–water partition coefficient (Wildman–Crippen LogP) is 1.98. The molecule has 0 atom stereocenters. The molecule has 1 aliphatic carbocycles. The van der Waals surface area contributed by atoms with E-state index in [-0.39, 0.29) is 5.91 Å². The number of aryl methyl sites for hydroxylation is 1. The molecule has 2 amide bonds. The van der Waals surface area contributed by atoms with Gasteiger partial charge in [0.15, 0.2) is 0 Å². The first-order chi connectivity index (χ1) is 13.6. The lowest BCUT2D eigenvalue weighted by Gasteiger charge is -2.31. The van der Waals surface area contributed by atoms with E-state index in [9.17, 15) is 9.59 Å². The second-order valence-corrected chi connectivity index (χ2v) is 8.63. The minimum atomic E-state index is -0.440. The van der Waals surface area contributed by atoms with Gasteiger partial charge in [0.2, 0.25) is 5.91 Å². The van der Waals surface area contributed by atoms with Crippen LogP contribution < -0.4 is 11.1 Å². The molecule has 0 aromatic carbocycles. The van der Waals surface area contributed by atoms with Crippen molar-refractivity contribution in [2.45, 2.75) is 51.0 Å². The number of nitrogens with two attached hydrogens (primary N) is 1. The molecule has 150 valence electrons. The zero-order chi connectivity index (χ0) is 19.5. The standard InChI is InChI=1S/C19H26N6O2S/c20-18(27)17-14-3-1-2-4-15(14)28-19(17)23-16(26)7-10-24-8-5-13(6-9-24)25-12-21-11-22-25/h11-13H,1-10H2,(H2,20,27)(H,23,26). The second kappa shape index (κ2) is 8.40. The number of rotatable bonds is 6. The number of anilines is 1. The molecule has 1 saturated heterocycles. The Bertz CT molecular complexity index is 839. The number of hydrogen-bond donors (Lipinski definition) is 2. The maximum atomic E-state index is 12.5. The van der Waals surface area contributed by atoms with Crippen LogP contribution in [0.5, 0.6) is 0 Å². The van der Waals surface area contributed by atoms with Crippen molar-refractivity contribution in [2.75, 3.05) is 25.0 Å². The molecule has 0 bridgehead atoms.